The largest absolute Gasteiger partial charge is 0.496 e. The number of benzene rings is 2. The van der Waals surface area contributed by atoms with Crippen molar-refractivity contribution >= 4 is 16.9 Å². The van der Waals surface area contributed by atoms with Gasteiger partial charge in [0.05, 0.1) is 35.5 Å². The molecule has 33 heavy (non-hydrogen) atoms. The van der Waals surface area contributed by atoms with Crippen molar-refractivity contribution in [2.24, 2.45) is 5.84 Å². The maximum absolute atomic E-state index is 13.5. The molecule has 1 heterocycles. The average Bonchev–Trinajstić information content (AvgIpc) is 2.85. The number of methoxy groups -OCH3 is 5. The quantitative estimate of drug-likeness (QED) is 0.276. The zero-order valence-corrected chi connectivity index (χ0v) is 18.8. The number of fused-ring (bicyclic) bond motifs is 1. The molecule has 0 saturated heterocycles. The van der Waals surface area contributed by atoms with E-state index in [0.29, 0.717) is 28.6 Å². The average molecular weight is 460 g/mol. The van der Waals surface area contributed by atoms with Crippen LogP contribution in [0.15, 0.2) is 33.5 Å². The van der Waals surface area contributed by atoms with E-state index in [-0.39, 0.29) is 28.2 Å². The van der Waals surface area contributed by atoms with Gasteiger partial charge in [0.2, 0.25) is 16.9 Å². The molecule has 3 rings (SSSR count). The minimum atomic E-state index is -0.646. The topological polar surface area (TPSA) is 141 Å². The van der Waals surface area contributed by atoms with E-state index in [1.54, 1.807) is 12.1 Å². The van der Waals surface area contributed by atoms with E-state index < -0.39 is 17.9 Å². The fourth-order valence-corrected chi connectivity index (χ4v) is 3.23. The maximum atomic E-state index is 13.5. The second-order valence-corrected chi connectivity index (χ2v) is 6.56. The monoisotopic (exact) mass is 460 g/mol. The van der Waals surface area contributed by atoms with Crippen molar-refractivity contribution in [1.29, 1.82) is 0 Å². The highest BCUT2D eigenvalue weighted by Gasteiger charge is 2.24. The number of carbonyl (C=O) groups is 1. The van der Waals surface area contributed by atoms with Crippen molar-refractivity contribution in [1.82, 2.24) is 5.43 Å². The third-order valence-electron chi connectivity index (χ3n) is 4.78. The zero-order chi connectivity index (χ0) is 24.1. The number of nitrogens with two attached hydrogens (primary N) is 1. The molecule has 0 aliphatic rings. The van der Waals surface area contributed by atoms with Crippen LogP contribution in [0.25, 0.3) is 22.3 Å². The van der Waals surface area contributed by atoms with Gasteiger partial charge in [-0.2, -0.15) is 0 Å². The summed E-state index contributed by atoms with van der Waals surface area (Å²) in [6.45, 7) is -0.525. The lowest BCUT2D eigenvalue weighted by atomic mass is 10.1. The first-order chi connectivity index (χ1) is 15.9. The number of carbonyl (C=O) groups excluding carboxylic acids is 1. The standard InChI is InChI=1S/C22H24N2O9/c1-27-12-8-13(28-2)18-14(9-12)33-20(22(19(18)26)32-10-17(25)24-23)11-6-15(29-3)21(31-5)16(7-11)30-4/h6-9H,10,23H2,1-5H3,(H,24,25). The van der Waals surface area contributed by atoms with E-state index in [9.17, 15) is 9.59 Å². The van der Waals surface area contributed by atoms with E-state index in [1.807, 2.05) is 5.43 Å². The SMILES string of the molecule is COc1cc(OC)c2c(=O)c(OCC(=O)NN)c(-c3cc(OC)c(OC)c(OC)c3)oc2c1. The van der Waals surface area contributed by atoms with E-state index in [2.05, 4.69) is 0 Å². The molecule has 0 aliphatic carbocycles. The van der Waals surface area contributed by atoms with Crippen LogP contribution in [0, 0.1) is 0 Å². The van der Waals surface area contributed by atoms with Gasteiger partial charge in [-0.05, 0) is 12.1 Å². The Bertz CT molecular complexity index is 1210. The molecule has 2 aromatic carbocycles. The lowest BCUT2D eigenvalue weighted by Gasteiger charge is -2.16. The van der Waals surface area contributed by atoms with Crippen LogP contribution in [0.1, 0.15) is 0 Å². The van der Waals surface area contributed by atoms with Crippen molar-refractivity contribution in [3.63, 3.8) is 0 Å². The molecule has 0 aliphatic heterocycles. The molecule has 0 atom stereocenters. The van der Waals surface area contributed by atoms with Crippen molar-refractivity contribution in [2.45, 2.75) is 0 Å². The molecular formula is C22H24N2O9. The first-order valence-electron chi connectivity index (χ1n) is 9.57. The van der Waals surface area contributed by atoms with Gasteiger partial charge >= 0.3 is 0 Å². The number of hydrogen-bond donors (Lipinski definition) is 2. The van der Waals surface area contributed by atoms with Crippen molar-refractivity contribution in [2.75, 3.05) is 42.2 Å². The number of ether oxygens (including phenoxy) is 6. The van der Waals surface area contributed by atoms with Gasteiger partial charge in [-0.1, -0.05) is 0 Å². The van der Waals surface area contributed by atoms with Gasteiger partial charge in [-0.15, -0.1) is 0 Å². The Kier molecular flexibility index (Phi) is 7.13. The molecule has 11 nitrogen and oxygen atoms in total. The second-order valence-electron chi connectivity index (χ2n) is 6.56. The van der Waals surface area contributed by atoms with Gasteiger partial charge in [-0.25, -0.2) is 5.84 Å². The smallest absolute Gasteiger partial charge is 0.271 e. The first kappa shape index (κ1) is 23.5. The summed E-state index contributed by atoms with van der Waals surface area (Å²) in [5.41, 5.74) is 1.93. The van der Waals surface area contributed by atoms with Gasteiger partial charge in [-0.3, -0.25) is 15.0 Å². The van der Waals surface area contributed by atoms with Crippen LogP contribution < -0.4 is 45.1 Å². The Labute approximate surface area is 188 Å². The molecule has 0 saturated carbocycles. The number of nitrogens with one attached hydrogen (secondary N) is 1. The molecule has 0 bridgehead atoms. The van der Waals surface area contributed by atoms with Gasteiger partial charge < -0.3 is 32.8 Å². The van der Waals surface area contributed by atoms with Crippen molar-refractivity contribution in [3.8, 4) is 45.8 Å². The van der Waals surface area contributed by atoms with Gasteiger partial charge in [0.15, 0.2) is 23.9 Å². The number of amides is 1. The summed E-state index contributed by atoms with van der Waals surface area (Å²) in [5.74, 6) is 5.89. The Morgan fingerprint density at radius 3 is 2.03 bits per heavy atom. The maximum Gasteiger partial charge on any atom is 0.271 e. The summed E-state index contributed by atoms with van der Waals surface area (Å²) >= 11 is 0. The first-order valence-corrected chi connectivity index (χ1v) is 9.57. The fourth-order valence-electron chi connectivity index (χ4n) is 3.23. The van der Waals surface area contributed by atoms with Crippen molar-refractivity contribution < 1.29 is 37.6 Å². The fraction of sp³-hybridized carbons (Fsp3) is 0.273. The van der Waals surface area contributed by atoms with E-state index in [4.69, 9.17) is 38.7 Å². The number of hydrazine groups is 1. The lowest BCUT2D eigenvalue weighted by Crippen LogP contribution is -2.35. The zero-order valence-electron chi connectivity index (χ0n) is 18.8. The van der Waals surface area contributed by atoms with Gasteiger partial charge in [0, 0.05) is 17.7 Å². The van der Waals surface area contributed by atoms with E-state index in [1.165, 1.54) is 47.7 Å². The summed E-state index contributed by atoms with van der Waals surface area (Å²) in [7, 11) is 7.26. The molecule has 176 valence electrons. The van der Waals surface area contributed by atoms with E-state index >= 15 is 0 Å². The predicted octanol–water partition coefficient (Wildman–Crippen LogP) is 1.87. The van der Waals surface area contributed by atoms with Gasteiger partial charge in [0.1, 0.15) is 22.5 Å². The Balaban J connectivity index is 2.38. The Morgan fingerprint density at radius 1 is 0.879 bits per heavy atom. The highest BCUT2D eigenvalue weighted by atomic mass is 16.5. The third kappa shape index (κ3) is 4.44. The molecule has 1 amide bonds. The summed E-state index contributed by atoms with van der Waals surface area (Å²) in [6.07, 6.45) is 0. The minimum absolute atomic E-state index is 0.0203. The summed E-state index contributed by atoms with van der Waals surface area (Å²) < 4.78 is 38.4. The molecular weight excluding hydrogens is 436 g/mol. The van der Waals surface area contributed by atoms with Crippen LogP contribution >= 0.6 is 0 Å². The van der Waals surface area contributed by atoms with Crippen LogP contribution in [0.2, 0.25) is 0 Å². The molecule has 0 unspecified atom stereocenters. The molecule has 11 heteroatoms. The molecule has 3 N–H and O–H groups in total. The second kappa shape index (κ2) is 10.0. The number of hydrogen-bond acceptors (Lipinski definition) is 10. The van der Waals surface area contributed by atoms with Crippen molar-refractivity contribution in [3.05, 3.63) is 34.5 Å². The third-order valence-corrected chi connectivity index (χ3v) is 4.78. The Morgan fingerprint density at radius 2 is 1.52 bits per heavy atom. The summed E-state index contributed by atoms with van der Waals surface area (Å²) in [6, 6.07) is 6.24. The molecule has 0 radical (unpaired) electrons. The summed E-state index contributed by atoms with van der Waals surface area (Å²) in [4.78, 5) is 25.2. The van der Waals surface area contributed by atoms with Crippen LogP contribution in [0.4, 0.5) is 0 Å². The normalized spacial score (nSPS) is 10.5. The molecule has 1 aromatic heterocycles. The molecule has 0 spiro atoms. The lowest BCUT2D eigenvalue weighted by molar-refractivity contribution is -0.123. The number of rotatable bonds is 9. The van der Waals surface area contributed by atoms with Crippen LogP contribution in [0.3, 0.4) is 0 Å². The minimum Gasteiger partial charge on any atom is -0.496 e. The molecule has 3 aromatic rings. The van der Waals surface area contributed by atoms with Crippen LogP contribution in [-0.2, 0) is 4.79 Å². The van der Waals surface area contributed by atoms with E-state index in [0.717, 1.165) is 0 Å². The summed E-state index contributed by atoms with van der Waals surface area (Å²) in [5, 5.41) is 0.109. The van der Waals surface area contributed by atoms with Crippen LogP contribution in [-0.4, -0.2) is 48.1 Å². The van der Waals surface area contributed by atoms with Gasteiger partial charge in [0.25, 0.3) is 5.91 Å². The molecule has 0 fully saturated rings. The predicted molar refractivity (Wildman–Crippen MR) is 119 cm³/mol. The highest BCUT2D eigenvalue weighted by Crippen LogP contribution is 2.44. The Hall–Kier alpha value is -4.12. The van der Waals surface area contributed by atoms with Crippen LogP contribution in [0.5, 0.6) is 34.5 Å². The highest BCUT2D eigenvalue weighted by molar-refractivity contribution is 5.89.